The minimum Gasteiger partial charge on any atom is -0.740 e. The molecule has 1 aromatic carbocycles. The highest BCUT2D eigenvalue weighted by Gasteiger charge is 1.96. The van der Waals surface area contributed by atoms with Gasteiger partial charge in [0.15, 0.2) is 0 Å². The molecule has 0 aliphatic rings. The lowest BCUT2D eigenvalue weighted by atomic mass is 10.1. The van der Waals surface area contributed by atoms with E-state index in [0.717, 1.165) is 12.0 Å². The Labute approximate surface area is 110 Å². The molecule has 0 aliphatic heterocycles. The van der Waals surface area contributed by atoms with Crippen LogP contribution >= 0.6 is 0 Å². The summed E-state index contributed by atoms with van der Waals surface area (Å²) in [6.45, 7) is 4.45. The molecule has 0 N–H and O–H groups in total. The fraction of sp³-hybridized carbons (Fsp3) is 0.500. The van der Waals surface area contributed by atoms with Crippen LogP contribution < -0.4 is 4.18 Å². The molecule has 0 aromatic heterocycles. The molecule has 1 rings (SSSR count). The van der Waals surface area contributed by atoms with Crippen molar-refractivity contribution in [3.05, 3.63) is 29.8 Å². The van der Waals surface area contributed by atoms with Crippen molar-refractivity contribution in [3.8, 4) is 5.75 Å². The summed E-state index contributed by atoms with van der Waals surface area (Å²) in [7, 11) is 0. The number of hydrogen-bond acceptors (Lipinski definition) is 5. The molecule has 1 atom stereocenters. The Morgan fingerprint density at radius 1 is 1.11 bits per heavy atom. The van der Waals surface area contributed by atoms with E-state index in [-0.39, 0.29) is 0 Å². The molecule has 0 aliphatic carbocycles. The minimum atomic E-state index is -2.52. The average Bonchev–Trinajstić information content (AvgIpc) is 2.35. The lowest BCUT2D eigenvalue weighted by molar-refractivity contribution is 0.0541. The molecule has 5 nitrogen and oxygen atoms in total. The predicted octanol–water partition coefficient (Wildman–Crippen LogP) is 1.46. The standard InChI is InChI=1S/C12H18O5S/c1-2-15-9-10-16-8-7-11-3-5-12(6-4-11)17-18(13)14/h3-6H,2,7-10H2,1H3,(H,13,14)/p-1. The van der Waals surface area contributed by atoms with E-state index in [2.05, 4.69) is 4.18 Å². The van der Waals surface area contributed by atoms with Crippen LogP contribution in [0.2, 0.25) is 0 Å². The summed E-state index contributed by atoms with van der Waals surface area (Å²) in [5, 5.41) is 0. The summed E-state index contributed by atoms with van der Waals surface area (Å²) in [5.41, 5.74) is 1.07. The summed E-state index contributed by atoms with van der Waals surface area (Å²) in [4.78, 5) is 0. The van der Waals surface area contributed by atoms with E-state index in [1.807, 2.05) is 19.1 Å². The van der Waals surface area contributed by atoms with Gasteiger partial charge in [-0.3, -0.25) is 0 Å². The van der Waals surface area contributed by atoms with E-state index in [4.69, 9.17) is 9.47 Å². The normalized spacial score (nSPS) is 12.3. The molecule has 102 valence electrons. The van der Waals surface area contributed by atoms with Crippen LogP contribution in [0.25, 0.3) is 0 Å². The predicted molar refractivity (Wildman–Crippen MR) is 67.0 cm³/mol. The lowest BCUT2D eigenvalue weighted by Crippen LogP contribution is -2.06. The Kier molecular flexibility index (Phi) is 7.59. The minimum absolute atomic E-state index is 0.310. The molecular formula is C12H17O5S-. The van der Waals surface area contributed by atoms with E-state index in [9.17, 15) is 8.76 Å². The molecule has 1 aromatic rings. The van der Waals surface area contributed by atoms with E-state index >= 15 is 0 Å². The van der Waals surface area contributed by atoms with Crippen LogP contribution in [0.5, 0.6) is 5.75 Å². The SMILES string of the molecule is CCOCCOCCc1ccc(OS(=O)[O-])cc1. The van der Waals surface area contributed by atoms with Gasteiger partial charge in [-0.25, -0.2) is 4.21 Å². The molecular weight excluding hydrogens is 256 g/mol. The van der Waals surface area contributed by atoms with Crippen molar-refractivity contribution in [2.45, 2.75) is 13.3 Å². The Morgan fingerprint density at radius 2 is 1.78 bits per heavy atom. The second kappa shape index (κ2) is 9.04. The third-order valence-electron chi connectivity index (χ3n) is 2.20. The van der Waals surface area contributed by atoms with Crippen molar-refractivity contribution in [2.75, 3.05) is 26.4 Å². The van der Waals surface area contributed by atoms with Crippen molar-refractivity contribution < 1.29 is 22.4 Å². The van der Waals surface area contributed by atoms with Gasteiger partial charge in [0.05, 0.1) is 19.8 Å². The van der Waals surface area contributed by atoms with Crippen LogP contribution in [-0.4, -0.2) is 35.2 Å². The fourth-order valence-corrected chi connectivity index (χ4v) is 1.61. The summed E-state index contributed by atoms with van der Waals surface area (Å²) >= 11 is -2.52. The van der Waals surface area contributed by atoms with Crippen LogP contribution in [0.4, 0.5) is 0 Å². The lowest BCUT2D eigenvalue weighted by Gasteiger charge is -2.08. The van der Waals surface area contributed by atoms with E-state index in [1.54, 1.807) is 12.1 Å². The van der Waals surface area contributed by atoms with Crippen LogP contribution in [0.3, 0.4) is 0 Å². The van der Waals surface area contributed by atoms with E-state index in [1.165, 1.54) is 0 Å². The van der Waals surface area contributed by atoms with Crippen molar-refractivity contribution >= 4 is 11.4 Å². The Balaban J connectivity index is 2.20. The van der Waals surface area contributed by atoms with Gasteiger partial charge < -0.3 is 18.2 Å². The first kappa shape index (κ1) is 15.1. The van der Waals surface area contributed by atoms with Gasteiger partial charge in [-0.05, 0) is 31.0 Å². The van der Waals surface area contributed by atoms with Gasteiger partial charge in [0.25, 0.3) is 0 Å². The highest BCUT2D eigenvalue weighted by Crippen LogP contribution is 2.13. The number of benzene rings is 1. The van der Waals surface area contributed by atoms with Gasteiger partial charge in [0.2, 0.25) is 0 Å². The van der Waals surface area contributed by atoms with Crippen LogP contribution in [0.15, 0.2) is 24.3 Å². The molecule has 1 unspecified atom stereocenters. The van der Waals surface area contributed by atoms with Crippen LogP contribution in [0.1, 0.15) is 12.5 Å². The topological polar surface area (TPSA) is 67.8 Å². The monoisotopic (exact) mass is 273 g/mol. The van der Waals surface area contributed by atoms with Crippen LogP contribution in [-0.2, 0) is 27.3 Å². The van der Waals surface area contributed by atoms with E-state index in [0.29, 0.717) is 32.2 Å². The third kappa shape index (κ3) is 6.70. The van der Waals surface area contributed by atoms with Crippen molar-refractivity contribution in [1.82, 2.24) is 0 Å². The fourth-order valence-electron chi connectivity index (χ4n) is 1.34. The highest BCUT2D eigenvalue weighted by atomic mass is 32.2. The third-order valence-corrected chi connectivity index (χ3v) is 2.53. The molecule has 6 heteroatoms. The number of rotatable bonds is 9. The molecule has 0 fully saturated rings. The first-order valence-corrected chi connectivity index (χ1v) is 6.74. The second-order valence-electron chi connectivity index (χ2n) is 3.49. The molecule has 0 amide bonds. The highest BCUT2D eigenvalue weighted by molar-refractivity contribution is 7.74. The van der Waals surface area contributed by atoms with Gasteiger partial charge >= 0.3 is 0 Å². The van der Waals surface area contributed by atoms with Crippen molar-refractivity contribution in [2.24, 2.45) is 0 Å². The summed E-state index contributed by atoms with van der Waals surface area (Å²) in [5.74, 6) is 0.310. The van der Waals surface area contributed by atoms with Crippen molar-refractivity contribution in [3.63, 3.8) is 0 Å². The Morgan fingerprint density at radius 3 is 2.39 bits per heavy atom. The van der Waals surface area contributed by atoms with Gasteiger partial charge in [-0.15, -0.1) is 0 Å². The zero-order chi connectivity index (χ0) is 13.2. The first-order chi connectivity index (χ1) is 8.72. The van der Waals surface area contributed by atoms with Gasteiger partial charge in [-0.1, -0.05) is 12.1 Å². The molecule has 0 heterocycles. The summed E-state index contributed by atoms with van der Waals surface area (Å²) in [6.07, 6.45) is 0.771. The zero-order valence-corrected chi connectivity index (χ0v) is 11.1. The average molecular weight is 273 g/mol. The number of ether oxygens (including phenoxy) is 2. The molecule has 18 heavy (non-hydrogen) atoms. The quantitative estimate of drug-likeness (QED) is 0.503. The molecule has 0 saturated carbocycles. The molecule has 0 saturated heterocycles. The summed E-state index contributed by atoms with van der Waals surface area (Å²) < 4.78 is 35.6. The smallest absolute Gasteiger partial charge is 0.139 e. The Bertz CT molecular complexity index is 352. The molecule has 0 bridgehead atoms. The first-order valence-electron chi connectivity index (χ1n) is 5.74. The van der Waals surface area contributed by atoms with Gasteiger partial charge in [0, 0.05) is 6.61 Å². The molecule has 0 radical (unpaired) electrons. The maximum atomic E-state index is 10.3. The second-order valence-corrected chi connectivity index (χ2v) is 4.07. The maximum Gasteiger partial charge on any atom is 0.139 e. The Hall–Kier alpha value is -0.950. The van der Waals surface area contributed by atoms with Crippen LogP contribution in [0, 0.1) is 0 Å². The summed E-state index contributed by atoms with van der Waals surface area (Å²) in [6, 6.07) is 6.86. The van der Waals surface area contributed by atoms with E-state index < -0.39 is 11.4 Å². The van der Waals surface area contributed by atoms with Crippen molar-refractivity contribution in [1.29, 1.82) is 0 Å². The number of hydrogen-bond donors (Lipinski definition) is 0. The zero-order valence-electron chi connectivity index (χ0n) is 10.3. The molecule has 0 spiro atoms. The van der Waals surface area contributed by atoms with Gasteiger partial charge in [-0.2, -0.15) is 0 Å². The van der Waals surface area contributed by atoms with Gasteiger partial charge in [0.1, 0.15) is 17.1 Å². The largest absolute Gasteiger partial charge is 0.740 e. The maximum absolute atomic E-state index is 10.3.